The fraction of sp³-hybridized carbons (Fsp3) is 0.429. The van der Waals surface area contributed by atoms with Crippen molar-refractivity contribution in [3.63, 3.8) is 0 Å². The largest absolute Gasteiger partial charge is 0.456 e. The van der Waals surface area contributed by atoms with Gasteiger partial charge in [0.1, 0.15) is 6.61 Å². The number of rotatable bonds is 15. The van der Waals surface area contributed by atoms with Crippen molar-refractivity contribution < 1.29 is 22.1 Å². The number of nitrogens with one attached hydrogen (secondary N) is 2. The van der Waals surface area contributed by atoms with Crippen molar-refractivity contribution in [1.29, 1.82) is 0 Å². The van der Waals surface area contributed by atoms with Gasteiger partial charge in [-0.25, -0.2) is 14.8 Å². The number of aromatic nitrogens is 6. The summed E-state index contributed by atoms with van der Waals surface area (Å²) < 4.78 is 41.1. The highest BCUT2D eigenvalue weighted by Crippen LogP contribution is 2.75. The van der Waals surface area contributed by atoms with Gasteiger partial charge in [-0.1, -0.05) is 84.8 Å². The van der Waals surface area contributed by atoms with Crippen molar-refractivity contribution >= 4 is 54.4 Å². The summed E-state index contributed by atoms with van der Waals surface area (Å²) in [5.41, 5.74) is 9.87. The standard InChI is InChI=1S/C56H62N8O5S2/c1-35-12-16-39(17-13-35)27-68-51(65)48-41(20-21-44(59-48)42-22-24-57-50-47(42)37(3)49(62-63-50)61-52-60-45-10-7-8-11-46(45)70-52)43-26-58-64(38(43)4)34-56-31-53(5)28-54(6,32-56)30-55(29-53,33-56)23-9-25-69-71(66,67)40-18-14-36(2)15-19-40/h7-8,10-21,26,42H,9,22-25,27-34H2,1-6H3,(H,57,63)(H,60,61,62). The van der Waals surface area contributed by atoms with Crippen LogP contribution in [0.25, 0.3) is 21.3 Å². The number of carbonyl (C=O) groups is 1. The Morgan fingerprint density at radius 2 is 1.55 bits per heavy atom. The predicted octanol–water partition coefficient (Wildman–Crippen LogP) is 12.2. The molecule has 5 aliphatic rings. The van der Waals surface area contributed by atoms with E-state index in [4.69, 9.17) is 24.0 Å². The molecule has 4 aromatic heterocycles. The van der Waals surface area contributed by atoms with Gasteiger partial charge in [0.15, 0.2) is 22.5 Å². The van der Waals surface area contributed by atoms with Gasteiger partial charge in [-0.15, -0.1) is 10.2 Å². The molecular weight excluding hydrogens is 929 g/mol. The number of anilines is 3. The number of hydrogen-bond acceptors (Lipinski definition) is 13. The summed E-state index contributed by atoms with van der Waals surface area (Å²) >= 11 is 1.57. The second-order valence-corrected chi connectivity index (χ2v) is 24.8. The van der Waals surface area contributed by atoms with E-state index in [0.29, 0.717) is 30.2 Å². The highest BCUT2D eigenvalue weighted by molar-refractivity contribution is 7.86. The summed E-state index contributed by atoms with van der Waals surface area (Å²) in [5.74, 6) is 0.661. The van der Waals surface area contributed by atoms with E-state index in [9.17, 15) is 13.2 Å². The van der Waals surface area contributed by atoms with E-state index in [0.717, 1.165) is 112 Å². The molecule has 5 heterocycles. The number of pyridine rings is 1. The smallest absolute Gasteiger partial charge is 0.357 e. The molecule has 7 aromatic rings. The molecule has 3 aromatic carbocycles. The first-order valence-electron chi connectivity index (χ1n) is 24.9. The zero-order chi connectivity index (χ0) is 49.3. The Morgan fingerprint density at radius 1 is 0.831 bits per heavy atom. The van der Waals surface area contributed by atoms with E-state index in [1.165, 1.54) is 6.42 Å². The normalized spacial score (nSPS) is 24.5. The number of para-hydroxylation sites is 1. The monoisotopic (exact) mass is 990 g/mol. The third-order valence-corrected chi connectivity index (χ3v) is 18.2. The first-order chi connectivity index (χ1) is 34.0. The molecule has 3 unspecified atom stereocenters. The molecule has 4 bridgehead atoms. The van der Waals surface area contributed by atoms with E-state index in [-0.39, 0.29) is 51.4 Å². The average Bonchev–Trinajstić information content (AvgIpc) is 3.91. The fourth-order valence-corrected chi connectivity index (χ4v) is 16.0. The van der Waals surface area contributed by atoms with Crippen LogP contribution >= 0.6 is 11.3 Å². The molecule has 4 saturated carbocycles. The van der Waals surface area contributed by atoms with Gasteiger partial charge in [-0.05, 0) is 149 Å². The van der Waals surface area contributed by atoms with Crippen LogP contribution in [-0.4, -0.2) is 57.5 Å². The number of fused-ring (bicyclic) bond motifs is 2. The van der Waals surface area contributed by atoms with Crippen LogP contribution in [-0.2, 0) is 32.2 Å². The summed E-state index contributed by atoms with van der Waals surface area (Å²) in [6.07, 6.45) is 11.0. The lowest BCUT2D eigenvalue weighted by molar-refractivity contribution is -0.198. The van der Waals surface area contributed by atoms with E-state index in [1.54, 1.807) is 35.6 Å². The second kappa shape index (κ2) is 17.9. The lowest BCUT2D eigenvalue weighted by atomic mass is 9.35. The summed E-state index contributed by atoms with van der Waals surface area (Å²) in [7, 11) is -3.83. The van der Waals surface area contributed by atoms with Crippen LogP contribution in [0.2, 0.25) is 0 Å². The van der Waals surface area contributed by atoms with Crippen molar-refractivity contribution in [2.24, 2.45) is 21.7 Å². The highest BCUT2D eigenvalue weighted by Gasteiger charge is 2.65. The van der Waals surface area contributed by atoms with Gasteiger partial charge in [0.05, 0.1) is 27.9 Å². The minimum absolute atomic E-state index is 0.0168. The van der Waals surface area contributed by atoms with Crippen molar-refractivity contribution in [3.8, 4) is 11.1 Å². The molecule has 1 aliphatic heterocycles. The Kier molecular flexibility index (Phi) is 11.9. The topological polar surface area (TPSA) is 163 Å². The average molecular weight is 991 g/mol. The van der Waals surface area contributed by atoms with Gasteiger partial charge in [0, 0.05) is 52.6 Å². The number of carbonyl (C=O) groups excluding carboxylic acids is 1. The molecule has 4 fully saturated rings. The first-order valence-corrected chi connectivity index (χ1v) is 27.2. The number of thiazole rings is 1. The third kappa shape index (κ3) is 9.25. The number of esters is 1. The Bertz CT molecular complexity index is 3240. The second-order valence-electron chi connectivity index (χ2n) is 22.2. The SMILES string of the molecule is Cc1ccc(COC(=O)c2nc(C3CCNc4nnc(Nc5nc6ccccc6s5)c(C)c43)ccc2-c2cnn(CC34CC5(C)CC(C)(CC(CCCOS(=O)(=O)c6ccc(C)cc6)(C5)C3)C4)c2C)cc1. The van der Waals surface area contributed by atoms with E-state index >= 15 is 0 Å². The Hall–Kier alpha value is -6.03. The van der Waals surface area contributed by atoms with Crippen LogP contribution in [0.5, 0.6) is 0 Å². The third-order valence-electron chi connectivity index (χ3n) is 15.9. The number of benzene rings is 3. The van der Waals surface area contributed by atoms with Crippen LogP contribution < -0.4 is 10.6 Å². The van der Waals surface area contributed by atoms with Crippen LogP contribution in [0.1, 0.15) is 127 Å². The predicted molar refractivity (Wildman–Crippen MR) is 277 cm³/mol. The van der Waals surface area contributed by atoms with Gasteiger partial charge in [-0.3, -0.25) is 8.86 Å². The van der Waals surface area contributed by atoms with E-state index < -0.39 is 16.1 Å². The number of aryl methyl sites for hydroxylation is 2. The highest BCUT2D eigenvalue weighted by atomic mass is 32.2. The van der Waals surface area contributed by atoms with E-state index in [2.05, 4.69) is 52.4 Å². The molecule has 13 nitrogen and oxygen atoms in total. The van der Waals surface area contributed by atoms with Gasteiger partial charge < -0.3 is 15.4 Å². The minimum Gasteiger partial charge on any atom is -0.456 e. The van der Waals surface area contributed by atoms with Crippen LogP contribution in [0, 0.1) is 49.4 Å². The summed E-state index contributed by atoms with van der Waals surface area (Å²) in [6, 6.07) is 27.0. The molecule has 71 heavy (non-hydrogen) atoms. The molecule has 368 valence electrons. The van der Waals surface area contributed by atoms with Crippen molar-refractivity contribution in [2.75, 3.05) is 23.8 Å². The van der Waals surface area contributed by atoms with Gasteiger partial charge in [0.2, 0.25) is 0 Å². The van der Waals surface area contributed by atoms with E-state index in [1.807, 2.05) is 81.6 Å². The van der Waals surface area contributed by atoms with Crippen LogP contribution in [0.4, 0.5) is 16.8 Å². The Morgan fingerprint density at radius 3 is 2.30 bits per heavy atom. The maximum absolute atomic E-state index is 14.5. The fourth-order valence-electron chi connectivity index (χ4n) is 14.2. The molecule has 0 spiro atoms. The number of nitrogens with zero attached hydrogens (tertiary/aromatic N) is 6. The van der Waals surface area contributed by atoms with Crippen LogP contribution in [0.3, 0.4) is 0 Å². The lowest BCUT2D eigenvalue weighted by Gasteiger charge is -2.70. The molecule has 2 N–H and O–H groups in total. The number of ether oxygens (including phenoxy) is 1. The molecule has 12 rings (SSSR count). The van der Waals surface area contributed by atoms with Gasteiger partial charge in [0.25, 0.3) is 10.1 Å². The Labute approximate surface area is 420 Å². The van der Waals surface area contributed by atoms with Crippen molar-refractivity contribution in [3.05, 3.63) is 136 Å². The summed E-state index contributed by atoms with van der Waals surface area (Å²) in [4.78, 5) is 24.8. The zero-order valence-corrected chi connectivity index (χ0v) is 43.1. The maximum Gasteiger partial charge on any atom is 0.357 e. The zero-order valence-electron chi connectivity index (χ0n) is 41.5. The van der Waals surface area contributed by atoms with Gasteiger partial charge in [-0.2, -0.15) is 13.5 Å². The molecular formula is C56H62N8O5S2. The molecule has 0 saturated heterocycles. The Balaban J connectivity index is 0.879. The van der Waals surface area contributed by atoms with Crippen molar-refractivity contribution in [2.45, 2.75) is 123 Å². The first kappa shape index (κ1) is 47.3. The molecule has 4 aliphatic carbocycles. The summed E-state index contributed by atoms with van der Waals surface area (Å²) in [6.45, 7) is 14.8. The summed E-state index contributed by atoms with van der Waals surface area (Å²) in [5, 5.41) is 22.0. The van der Waals surface area contributed by atoms with Crippen LogP contribution in [0.15, 0.2) is 96.0 Å². The molecule has 0 radical (unpaired) electrons. The lowest BCUT2D eigenvalue weighted by Crippen LogP contribution is -2.60. The minimum atomic E-state index is -3.83. The molecule has 3 atom stereocenters. The molecule has 0 amide bonds. The van der Waals surface area contributed by atoms with Crippen molar-refractivity contribution in [1.82, 2.24) is 29.9 Å². The quantitative estimate of drug-likeness (QED) is 0.0569. The maximum atomic E-state index is 14.5. The molecule has 15 heteroatoms. The van der Waals surface area contributed by atoms with Gasteiger partial charge >= 0.3 is 5.97 Å². The number of hydrogen-bond donors (Lipinski definition) is 2.